The van der Waals surface area contributed by atoms with Crippen molar-refractivity contribution in [2.45, 2.75) is 25.8 Å². The van der Waals surface area contributed by atoms with Crippen LogP contribution in [0.4, 0.5) is 5.82 Å². The number of hydrogen-bond acceptors (Lipinski definition) is 5. The molecule has 2 saturated heterocycles. The average molecular weight is 275 g/mol. The van der Waals surface area contributed by atoms with Gasteiger partial charge in [-0.2, -0.15) is 0 Å². The molecule has 0 radical (unpaired) electrons. The Bertz CT molecular complexity index is 530. The van der Waals surface area contributed by atoms with Gasteiger partial charge in [0.25, 0.3) is 0 Å². The number of piperazine rings is 1. The molecule has 3 rings (SSSR count). The van der Waals surface area contributed by atoms with Crippen LogP contribution in [0.5, 0.6) is 0 Å². The molecule has 0 spiro atoms. The number of fused-ring (bicyclic) bond motifs is 1. The Kier molecular flexibility index (Phi) is 3.48. The summed E-state index contributed by atoms with van der Waals surface area (Å²) in [5, 5.41) is 12.2. The van der Waals surface area contributed by atoms with E-state index in [1.165, 1.54) is 19.4 Å². The molecule has 2 aliphatic heterocycles. The Morgan fingerprint density at radius 1 is 1.45 bits per heavy atom. The first-order valence-corrected chi connectivity index (χ1v) is 7.13. The highest BCUT2D eigenvalue weighted by molar-refractivity contribution is 6.02. The topological polar surface area (TPSA) is 78.0 Å². The molecule has 108 valence electrons. The van der Waals surface area contributed by atoms with Crippen LogP contribution in [0.3, 0.4) is 0 Å². The third-order valence-electron chi connectivity index (χ3n) is 4.39. The maximum atomic E-state index is 8.99. The number of aromatic nitrogens is 1. The molecule has 0 bridgehead atoms. The lowest BCUT2D eigenvalue weighted by Gasteiger charge is -2.38. The molecule has 0 aromatic carbocycles. The van der Waals surface area contributed by atoms with Crippen LogP contribution < -0.4 is 10.6 Å². The molecule has 0 aliphatic carbocycles. The molecule has 1 aromatic heterocycles. The van der Waals surface area contributed by atoms with Crippen LogP contribution >= 0.6 is 0 Å². The second-order valence-electron chi connectivity index (χ2n) is 5.59. The van der Waals surface area contributed by atoms with Crippen LogP contribution in [0.1, 0.15) is 24.0 Å². The van der Waals surface area contributed by atoms with Gasteiger partial charge in [0, 0.05) is 31.9 Å². The van der Waals surface area contributed by atoms with Crippen molar-refractivity contribution in [2.24, 2.45) is 10.9 Å². The number of nitrogens with zero attached hydrogens (tertiary/aromatic N) is 4. The van der Waals surface area contributed by atoms with Crippen molar-refractivity contribution in [1.29, 1.82) is 0 Å². The first-order valence-electron chi connectivity index (χ1n) is 7.13. The zero-order chi connectivity index (χ0) is 14.1. The van der Waals surface area contributed by atoms with Crippen LogP contribution in [-0.4, -0.2) is 53.1 Å². The number of rotatable bonds is 2. The molecule has 1 unspecified atom stereocenters. The number of aryl methyl sites for hydroxylation is 1. The number of hydrogen-bond donors (Lipinski definition) is 2. The molecular weight excluding hydrogens is 254 g/mol. The second-order valence-corrected chi connectivity index (χ2v) is 5.59. The van der Waals surface area contributed by atoms with Gasteiger partial charge in [0.2, 0.25) is 0 Å². The van der Waals surface area contributed by atoms with E-state index < -0.39 is 0 Å². The molecule has 20 heavy (non-hydrogen) atoms. The quantitative estimate of drug-likeness (QED) is 0.361. The van der Waals surface area contributed by atoms with Gasteiger partial charge in [-0.05, 0) is 37.9 Å². The summed E-state index contributed by atoms with van der Waals surface area (Å²) >= 11 is 0. The smallest absolute Gasteiger partial charge is 0.174 e. The zero-order valence-corrected chi connectivity index (χ0v) is 11.8. The molecule has 3 heterocycles. The molecule has 6 heteroatoms. The lowest BCUT2D eigenvalue weighted by atomic mass is 10.1. The maximum Gasteiger partial charge on any atom is 0.174 e. The second kappa shape index (κ2) is 5.28. The van der Waals surface area contributed by atoms with E-state index in [1.807, 2.05) is 13.0 Å². The highest BCUT2D eigenvalue weighted by Gasteiger charge is 2.32. The fourth-order valence-corrected chi connectivity index (χ4v) is 3.33. The van der Waals surface area contributed by atoms with E-state index in [0.29, 0.717) is 6.04 Å². The van der Waals surface area contributed by atoms with E-state index in [9.17, 15) is 0 Å². The molecule has 2 aliphatic rings. The minimum absolute atomic E-state index is 0.138. The highest BCUT2D eigenvalue weighted by atomic mass is 16.4. The number of nitrogens with two attached hydrogens (primary N) is 1. The molecule has 1 aromatic rings. The summed E-state index contributed by atoms with van der Waals surface area (Å²) in [6, 6.07) is 2.51. The summed E-state index contributed by atoms with van der Waals surface area (Å²) in [6.07, 6.45) is 4.33. The Hall–Kier alpha value is -1.82. The van der Waals surface area contributed by atoms with Crippen LogP contribution in [0.15, 0.2) is 17.4 Å². The van der Waals surface area contributed by atoms with Crippen molar-refractivity contribution in [3.05, 3.63) is 23.4 Å². The summed E-state index contributed by atoms with van der Waals surface area (Å²) < 4.78 is 0. The molecule has 6 nitrogen and oxygen atoms in total. The third kappa shape index (κ3) is 2.20. The lowest BCUT2D eigenvalue weighted by Crippen LogP contribution is -2.51. The van der Waals surface area contributed by atoms with E-state index in [4.69, 9.17) is 10.9 Å². The molecule has 0 amide bonds. The van der Waals surface area contributed by atoms with Gasteiger partial charge in [-0.3, -0.25) is 4.90 Å². The van der Waals surface area contributed by atoms with Crippen molar-refractivity contribution in [3.8, 4) is 0 Å². The molecular formula is C14H21N5O. The minimum atomic E-state index is 0.138. The minimum Gasteiger partial charge on any atom is -0.409 e. The largest absolute Gasteiger partial charge is 0.409 e. The van der Waals surface area contributed by atoms with Gasteiger partial charge in [-0.1, -0.05) is 5.16 Å². The van der Waals surface area contributed by atoms with Crippen LogP contribution in [0.25, 0.3) is 0 Å². The number of pyridine rings is 1. The summed E-state index contributed by atoms with van der Waals surface area (Å²) in [5.74, 6) is 0.978. The van der Waals surface area contributed by atoms with Gasteiger partial charge in [0.05, 0.1) is 5.56 Å². The van der Waals surface area contributed by atoms with E-state index in [0.717, 1.165) is 36.6 Å². The molecule has 3 N–H and O–H groups in total. The van der Waals surface area contributed by atoms with E-state index in [2.05, 4.69) is 19.9 Å². The van der Waals surface area contributed by atoms with Crippen LogP contribution in [0, 0.1) is 6.92 Å². The van der Waals surface area contributed by atoms with Gasteiger partial charge < -0.3 is 15.8 Å². The molecule has 1 atom stereocenters. The summed E-state index contributed by atoms with van der Waals surface area (Å²) in [7, 11) is 0. The van der Waals surface area contributed by atoms with E-state index in [-0.39, 0.29) is 5.84 Å². The van der Waals surface area contributed by atoms with Crippen molar-refractivity contribution in [3.63, 3.8) is 0 Å². The number of oxime groups is 1. The van der Waals surface area contributed by atoms with E-state index in [1.54, 1.807) is 6.20 Å². The van der Waals surface area contributed by atoms with Gasteiger partial charge in [-0.15, -0.1) is 0 Å². The van der Waals surface area contributed by atoms with Gasteiger partial charge in [-0.25, -0.2) is 4.98 Å². The Morgan fingerprint density at radius 2 is 2.30 bits per heavy atom. The Morgan fingerprint density at radius 3 is 3.10 bits per heavy atom. The summed E-state index contributed by atoms with van der Waals surface area (Å²) in [6.45, 7) is 6.16. The monoisotopic (exact) mass is 275 g/mol. The molecule has 2 fully saturated rings. The van der Waals surface area contributed by atoms with Crippen molar-refractivity contribution >= 4 is 11.7 Å². The fourth-order valence-electron chi connectivity index (χ4n) is 3.33. The van der Waals surface area contributed by atoms with Gasteiger partial charge >= 0.3 is 0 Å². The van der Waals surface area contributed by atoms with Crippen molar-refractivity contribution in [1.82, 2.24) is 9.88 Å². The number of amidine groups is 1. The lowest BCUT2D eigenvalue weighted by molar-refractivity contribution is 0.230. The Balaban J connectivity index is 1.92. The predicted molar refractivity (Wildman–Crippen MR) is 78.3 cm³/mol. The first-order chi connectivity index (χ1) is 9.70. The van der Waals surface area contributed by atoms with Crippen LogP contribution in [0.2, 0.25) is 0 Å². The average Bonchev–Trinajstić information content (AvgIpc) is 2.93. The standard InChI is InChI=1S/C14H21N5O/c1-10-4-5-16-14(12(10)13(15)17-20)19-8-7-18-6-2-3-11(18)9-19/h4-5,11,20H,2-3,6-9H2,1H3,(H2,15,17). The van der Waals surface area contributed by atoms with E-state index >= 15 is 0 Å². The first kappa shape index (κ1) is 13.2. The SMILES string of the molecule is Cc1ccnc(N2CCN3CCCC3C2)c1/C(N)=N/O. The molecule has 0 saturated carbocycles. The fraction of sp³-hybridized carbons (Fsp3) is 0.571. The maximum absolute atomic E-state index is 8.99. The van der Waals surface area contributed by atoms with Crippen molar-refractivity contribution < 1.29 is 5.21 Å². The zero-order valence-electron chi connectivity index (χ0n) is 11.8. The van der Waals surface area contributed by atoms with Crippen LogP contribution in [-0.2, 0) is 0 Å². The highest BCUT2D eigenvalue weighted by Crippen LogP contribution is 2.27. The summed E-state index contributed by atoms with van der Waals surface area (Å²) in [5.41, 5.74) is 7.57. The van der Waals surface area contributed by atoms with Crippen molar-refractivity contribution in [2.75, 3.05) is 31.1 Å². The third-order valence-corrected chi connectivity index (χ3v) is 4.39. The van der Waals surface area contributed by atoms with Gasteiger partial charge in [0.1, 0.15) is 5.82 Å². The van der Waals surface area contributed by atoms with Gasteiger partial charge in [0.15, 0.2) is 5.84 Å². The summed E-state index contributed by atoms with van der Waals surface area (Å²) in [4.78, 5) is 9.30. The Labute approximate surface area is 118 Å². The normalized spacial score (nSPS) is 23.9. The predicted octanol–water partition coefficient (Wildman–Crippen LogP) is 0.769. The number of anilines is 1.